The van der Waals surface area contributed by atoms with Crippen molar-refractivity contribution in [3.05, 3.63) is 45.9 Å². The predicted octanol–water partition coefficient (Wildman–Crippen LogP) is 2.37. The second kappa shape index (κ2) is 8.41. The fourth-order valence-electron chi connectivity index (χ4n) is 4.06. The fraction of sp³-hybridized carbons (Fsp3) is 0.476. The molecule has 1 saturated heterocycles. The molecule has 3 heterocycles. The molecular formula is C21H26N4O2S. The van der Waals surface area contributed by atoms with Gasteiger partial charge in [0, 0.05) is 30.1 Å². The molecule has 1 N–H and O–H groups in total. The molecule has 2 aromatic rings. The number of para-hydroxylation sites is 1. The van der Waals surface area contributed by atoms with E-state index < -0.39 is 0 Å². The van der Waals surface area contributed by atoms with Crippen molar-refractivity contribution in [1.29, 1.82) is 0 Å². The Morgan fingerprint density at radius 2 is 2.00 bits per heavy atom. The Kier molecular flexibility index (Phi) is 5.73. The van der Waals surface area contributed by atoms with Gasteiger partial charge in [-0.2, -0.15) is 0 Å². The van der Waals surface area contributed by atoms with Crippen molar-refractivity contribution in [3.63, 3.8) is 0 Å². The van der Waals surface area contributed by atoms with E-state index in [0.717, 1.165) is 55.3 Å². The first-order valence-electron chi connectivity index (χ1n) is 9.89. The van der Waals surface area contributed by atoms with Gasteiger partial charge in [-0.05, 0) is 50.9 Å². The molecule has 0 aliphatic carbocycles. The summed E-state index contributed by atoms with van der Waals surface area (Å²) >= 11 is 1.68. The number of likely N-dealkylation sites (tertiary alicyclic amines) is 1. The number of carbonyl (C=O) groups is 2. The summed E-state index contributed by atoms with van der Waals surface area (Å²) in [5, 5.41) is 6.07. The number of hydrogen-bond donors (Lipinski definition) is 1. The monoisotopic (exact) mass is 398 g/mol. The number of rotatable bonds is 5. The highest BCUT2D eigenvalue weighted by Gasteiger charge is 2.27. The lowest BCUT2D eigenvalue weighted by Gasteiger charge is -2.30. The summed E-state index contributed by atoms with van der Waals surface area (Å²) in [6, 6.07) is 7.98. The maximum atomic E-state index is 12.5. The van der Waals surface area contributed by atoms with E-state index in [1.165, 1.54) is 5.56 Å². The van der Waals surface area contributed by atoms with Gasteiger partial charge in [0.15, 0.2) is 0 Å². The molecular weight excluding hydrogens is 372 g/mol. The number of nitrogens with zero attached hydrogens (tertiary/aromatic N) is 3. The van der Waals surface area contributed by atoms with E-state index in [0.29, 0.717) is 6.54 Å². The van der Waals surface area contributed by atoms with E-state index in [-0.39, 0.29) is 24.3 Å². The average Bonchev–Trinajstić information content (AvgIpc) is 3.32. The topological polar surface area (TPSA) is 65.5 Å². The zero-order chi connectivity index (χ0) is 19.5. The minimum atomic E-state index is -0.0327. The Balaban J connectivity index is 1.22. The summed E-state index contributed by atoms with van der Waals surface area (Å²) in [5.74, 6) is -0.0355. The number of amides is 2. The van der Waals surface area contributed by atoms with Crippen LogP contribution in [0, 0.1) is 12.8 Å². The van der Waals surface area contributed by atoms with Crippen LogP contribution < -0.4 is 10.2 Å². The smallest absolute Gasteiger partial charge is 0.246 e. The van der Waals surface area contributed by atoms with Crippen LogP contribution in [0.25, 0.3) is 0 Å². The van der Waals surface area contributed by atoms with Gasteiger partial charge in [-0.15, -0.1) is 11.3 Å². The Bertz CT molecular complexity index is 858. The van der Waals surface area contributed by atoms with E-state index in [9.17, 15) is 9.59 Å². The van der Waals surface area contributed by atoms with E-state index in [4.69, 9.17) is 0 Å². The average molecular weight is 399 g/mol. The molecule has 6 nitrogen and oxygen atoms in total. The molecule has 7 heteroatoms. The number of aryl methyl sites for hydroxylation is 1. The molecule has 1 fully saturated rings. The van der Waals surface area contributed by atoms with Crippen LogP contribution in [0.1, 0.15) is 29.1 Å². The third kappa shape index (κ3) is 4.25. The predicted molar refractivity (Wildman–Crippen MR) is 110 cm³/mol. The van der Waals surface area contributed by atoms with Crippen molar-refractivity contribution >= 4 is 28.8 Å². The zero-order valence-electron chi connectivity index (χ0n) is 16.2. The van der Waals surface area contributed by atoms with Crippen LogP contribution in [0.3, 0.4) is 0 Å². The Hall–Kier alpha value is -2.25. The molecule has 4 rings (SSSR count). The third-order valence-corrected chi connectivity index (χ3v) is 6.43. The molecule has 0 atom stereocenters. The van der Waals surface area contributed by atoms with Crippen LogP contribution in [-0.4, -0.2) is 47.9 Å². The summed E-state index contributed by atoms with van der Waals surface area (Å²) < 4.78 is 0. The van der Waals surface area contributed by atoms with E-state index >= 15 is 0 Å². The SMILES string of the molecule is Cc1nc(CN2CCC(C(=O)NCC(=O)N3CCc4ccccc43)CC2)cs1. The van der Waals surface area contributed by atoms with Crippen LogP contribution in [0.2, 0.25) is 0 Å². The molecule has 1 aromatic carbocycles. The third-order valence-electron chi connectivity index (χ3n) is 5.61. The molecule has 0 bridgehead atoms. The van der Waals surface area contributed by atoms with Crippen LogP contribution in [0.5, 0.6) is 0 Å². The van der Waals surface area contributed by atoms with E-state index in [1.54, 1.807) is 16.2 Å². The zero-order valence-corrected chi connectivity index (χ0v) is 17.0. The molecule has 0 unspecified atom stereocenters. The fourth-order valence-corrected chi connectivity index (χ4v) is 4.67. The lowest BCUT2D eigenvalue weighted by Crippen LogP contribution is -2.44. The van der Waals surface area contributed by atoms with Gasteiger partial charge < -0.3 is 10.2 Å². The van der Waals surface area contributed by atoms with Gasteiger partial charge in [0.05, 0.1) is 17.2 Å². The van der Waals surface area contributed by atoms with Crippen LogP contribution in [-0.2, 0) is 22.6 Å². The summed E-state index contributed by atoms with van der Waals surface area (Å²) in [6.45, 7) is 5.43. The summed E-state index contributed by atoms with van der Waals surface area (Å²) in [5.41, 5.74) is 3.29. The molecule has 0 spiro atoms. The van der Waals surface area contributed by atoms with Crippen molar-refractivity contribution < 1.29 is 9.59 Å². The minimum absolute atomic E-state index is 0.00462. The Morgan fingerprint density at radius 3 is 2.75 bits per heavy atom. The first-order chi connectivity index (χ1) is 13.6. The summed E-state index contributed by atoms with van der Waals surface area (Å²) in [7, 11) is 0. The number of carbonyl (C=O) groups excluding carboxylic acids is 2. The Morgan fingerprint density at radius 1 is 1.21 bits per heavy atom. The van der Waals surface area contributed by atoms with Gasteiger partial charge in [0.25, 0.3) is 0 Å². The van der Waals surface area contributed by atoms with Gasteiger partial charge >= 0.3 is 0 Å². The maximum Gasteiger partial charge on any atom is 0.246 e. The second-order valence-corrected chi connectivity index (χ2v) is 8.61. The molecule has 0 saturated carbocycles. The molecule has 2 amide bonds. The quantitative estimate of drug-likeness (QED) is 0.840. The molecule has 2 aliphatic heterocycles. The highest BCUT2D eigenvalue weighted by Crippen LogP contribution is 2.27. The van der Waals surface area contributed by atoms with Crippen molar-refractivity contribution in [2.24, 2.45) is 5.92 Å². The first kappa shape index (κ1) is 19.1. The highest BCUT2D eigenvalue weighted by molar-refractivity contribution is 7.09. The number of fused-ring (bicyclic) bond motifs is 1. The minimum Gasteiger partial charge on any atom is -0.347 e. The van der Waals surface area contributed by atoms with Crippen molar-refractivity contribution in [2.45, 2.75) is 32.7 Å². The molecule has 28 heavy (non-hydrogen) atoms. The standard InChI is InChI=1S/C21H26N4O2S/c1-15-23-18(14-28-15)13-24-9-6-17(7-10-24)21(27)22-12-20(26)25-11-8-16-4-2-3-5-19(16)25/h2-5,14,17H,6-13H2,1H3,(H,22,27). The lowest BCUT2D eigenvalue weighted by atomic mass is 9.96. The lowest BCUT2D eigenvalue weighted by molar-refractivity contribution is -0.129. The largest absolute Gasteiger partial charge is 0.347 e. The Labute approximate surface area is 169 Å². The number of hydrogen-bond acceptors (Lipinski definition) is 5. The van der Waals surface area contributed by atoms with Crippen molar-refractivity contribution in [3.8, 4) is 0 Å². The number of piperidine rings is 1. The maximum absolute atomic E-state index is 12.5. The van der Waals surface area contributed by atoms with E-state index in [1.807, 2.05) is 25.1 Å². The number of anilines is 1. The van der Waals surface area contributed by atoms with Crippen LogP contribution in [0.15, 0.2) is 29.6 Å². The van der Waals surface area contributed by atoms with E-state index in [2.05, 4.69) is 26.6 Å². The van der Waals surface area contributed by atoms with Gasteiger partial charge in [-0.1, -0.05) is 18.2 Å². The van der Waals surface area contributed by atoms with Crippen molar-refractivity contribution in [2.75, 3.05) is 31.1 Å². The van der Waals surface area contributed by atoms with Gasteiger partial charge in [0.1, 0.15) is 0 Å². The number of thiazole rings is 1. The van der Waals surface area contributed by atoms with Crippen LogP contribution in [0.4, 0.5) is 5.69 Å². The number of nitrogens with one attached hydrogen (secondary N) is 1. The van der Waals surface area contributed by atoms with Gasteiger partial charge in [0.2, 0.25) is 11.8 Å². The molecule has 2 aliphatic rings. The summed E-state index contributed by atoms with van der Waals surface area (Å²) in [6.07, 6.45) is 2.54. The second-order valence-electron chi connectivity index (χ2n) is 7.55. The van der Waals surface area contributed by atoms with Gasteiger partial charge in [-0.25, -0.2) is 4.98 Å². The number of benzene rings is 1. The number of aromatic nitrogens is 1. The molecule has 148 valence electrons. The summed E-state index contributed by atoms with van der Waals surface area (Å²) in [4.78, 5) is 33.7. The van der Waals surface area contributed by atoms with Gasteiger partial charge in [-0.3, -0.25) is 14.5 Å². The first-order valence-corrected chi connectivity index (χ1v) is 10.8. The van der Waals surface area contributed by atoms with Crippen LogP contribution >= 0.6 is 11.3 Å². The normalized spacial score (nSPS) is 17.5. The molecule has 0 radical (unpaired) electrons. The highest BCUT2D eigenvalue weighted by atomic mass is 32.1. The molecule has 1 aromatic heterocycles. The van der Waals surface area contributed by atoms with Crippen molar-refractivity contribution in [1.82, 2.24) is 15.2 Å².